The average Bonchev–Trinajstić information content (AvgIpc) is 3.73. The molecule has 3 aliphatic rings. The molecule has 0 bridgehead atoms. The zero-order valence-corrected chi connectivity index (χ0v) is 23.4. The van der Waals surface area contributed by atoms with Gasteiger partial charge in [0.1, 0.15) is 17.2 Å². The molecular formula is C32H40O8. The van der Waals surface area contributed by atoms with Gasteiger partial charge in [0.05, 0.1) is 36.4 Å². The smallest absolute Gasteiger partial charge is 0.343 e. The summed E-state index contributed by atoms with van der Waals surface area (Å²) in [5, 5.41) is 9.65. The molecule has 1 N–H and O–H groups in total. The Bertz CT molecular complexity index is 1150. The molecule has 2 aromatic carbocycles. The van der Waals surface area contributed by atoms with Crippen molar-refractivity contribution in [2.45, 2.75) is 96.2 Å². The molecule has 2 aromatic rings. The zero-order chi connectivity index (χ0) is 28.1. The summed E-state index contributed by atoms with van der Waals surface area (Å²) >= 11 is 0. The van der Waals surface area contributed by atoms with Gasteiger partial charge in [-0.2, -0.15) is 0 Å². The topological polar surface area (TPSA) is 104 Å². The highest BCUT2D eigenvalue weighted by molar-refractivity contribution is 5.91. The molecule has 0 spiro atoms. The van der Waals surface area contributed by atoms with Gasteiger partial charge in [-0.3, -0.25) is 4.79 Å². The SMILES string of the molecule is CCCC(OCC1CCC2OC2C1)Oc1ccc(C(=O)Oc2ccc(OC(=O)C3CCC(O)CC3)cc2C)cc1. The van der Waals surface area contributed by atoms with Crippen molar-refractivity contribution >= 4 is 11.9 Å². The molecule has 0 radical (unpaired) electrons. The van der Waals surface area contributed by atoms with Crippen molar-refractivity contribution in [1.82, 2.24) is 0 Å². The minimum Gasteiger partial charge on any atom is -0.465 e. The number of esters is 2. The summed E-state index contributed by atoms with van der Waals surface area (Å²) in [5.74, 6) is 0.985. The summed E-state index contributed by atoms with van der Waals surface area (Å²) in [4.78, 5) is 25.3. The molecule has 8 heteroatoms. The van der Waals surface area contributed by atoms with Gasteiger partial charge in [-0.05, 0) is 106 Å². The molecule has 5 rings (SSSR count). The first-order valence-electron chi connectivity index (χ1n) is 14.6. The van der Waals surface area contributed by atoms with Crippen LogP contribution >= 0.6 is 0 Å². The minimum atomic E-state index is -0.487. The number of aryl methyl sites for hydroxylation is 1. The van der Waals surface area contributed by atoms with Gasteiger partial charge in [0.15, 0.2) is 6.29 Å². The summed E-state index contributed by atoms with van der Waals surface area (Å²) in [6.45, 7) is 4.57. The molecule has 216 valence electrons. The molecule has 2 aliphatic carbocycles. The average molecular weight is 553 g/mol. The molecule has 4 atom stereocenters. The number of carbonyl (C=O) groups excluding carboxylic acids is 2. The van der Waals surface area contributed by atoms with Gasteiger partial charge in [-0.1, -0.05) is 13.3 Å². The minimum absolute atomic E-state index is 0.200. The Morgan fingerprint density at radius 1 is 0.950 bits per heavy atom. The van der Waals surface area contributed by atoms with Crippen molar-refractivity contribution in [1.29, 1.82) is 0 Å². The summed E-state index contributed by atoms with van der Waals surface area (Å²) in [6, 6.07) is 11.8. The predicted molar refractivity (Wildman–Crippen MR) is 147 cm³/mol. The Morgan fingerprint density at radius 3 is 2.40 bits per heavy atom. The summed E-state index contributed by atoms with van der Waals surface area (Å²) in [6.07, 6.45) is 7.80. The number of hydrogen-bond donors (Lipinski definition) is 1. The van der Waals surface area contributed by atoms with Crippen LogP contribution in [-0.2, 0) is 14.3 Å². The molecule has 2 saturated carbocycles. The number of aliphatic hydroxyl groups excluding tert-OH is 1. The molecular weight excluding hydrogens is 512 g/mol. The fourth-order valence-electron chi connectivity index (χ4n) is 5.58. The van der Waals surface area contributed by atoms with Crippen LogP contribution in [0.3, 0.4) is 0 Å². The molecule has 0 aromatic heterocycles. The van der Waals surface area contributed by atoms with Crippen LogP contribution in [0.1, 0.15) is 80.6 Å². The van der Waals surface area contributed by atoms with Crippen molar-refractivity contribution < 1.29 is 38.4 Å². The van der Waals surface area contributed by atoms with E-state index in [1.165, 1.54) is 0 Å². The Morgan fingerprint density at radius 2 is 1.70 bits per heavy atom. The molecule has 4 unspecified atom stereocenters. The maximum absolute atomic E-state index is 12.8. The molecule has 1 saturated heterocycles. The molecule has 1 aliphatic heterocycles. The van der Waals surface area contributed by atoms with E-state index in [2.05, 4.69) is 6.92 Å². The highest BCUT2D eigenvalue weighted by atomic mass is 16.7. The third kappa shape index (κ3) is 7.62. The van der Waals surface area contributed by atoms with E-state index in [9.17, 15) is 14.7 Å². The van der Waals surface area contributed by atoms with Crippen LogP contribution in [0.5, 0.6) is 17.2 Å². The maximum Gasteiger partial charge on any atom is 0.343 e. The summed E-state index contributed by atoms with van der Waals surface area (Å²) in [5.41, 5.74) is 1.08. The number of aliphatic hydroxyl groups is 1. The number of epoxide rings is 1. The second kappa shape index (κ2) is 13.1. The first-order valence-corrected chi connectivity index (χ1v) is 14.6. The highest BCUT2D eigenvalue weighted by Crippen LogP contribution is 2.39. The number of rotatable bonds is 11. The predicted octanol–water partition coefficient (Wildman–Crippen LogP) is 5.76. The first kappa shape index (κ1) is 28.6. The van der Waals surface area contributed by atoms with Crippen LogP contribution in [0, 0.1) is 18.8 Å². The van der Waals surface area contributed by atoms with Crippen molar-refractivity contribution in [3.8, 4) is 17.2 Å². The number of carbonyl (C=O) groups is 2. The highest BCUT2D eigenvalue weighted by Gasteiger charge is 2.43. The van der Waals surface area contributed by atoms with Crippen LogP contribution in [0.4, 0.5) is 0 Å². The zero-order valence-electron chi connectivity index (χ0n) is 23.4. The molecule has 1 heterocycles. The van der Waals surface area contributed by atoms with Gasteiger partial charge in [0.25, 0.3) is 0 Å². The monoisotopic (exact) mass is 552 g/mol. The molecule has 40 heavy (non-hydrogen) atoms. The Balaban J connectivity index is 1.11. The lowest BCUT2D eigenvalue weighted by Crippen LogP contribution is -2.27. The maximum atomic E-state index is 12.8. The number of benzene rings is 2. The Labute approximate surface area is 235 Å². The van der Waals surface area contributed by atoms with Gasteiger partial charge in [0.2, 0.25) is 0 Å². The van der Waals surface area contributed by atoms with Crippen LogP contribution in [0.2, 0.25) is 0 Å². The normalized spacial score (nSPS) is 26.3. The van der Waals surface area contributed by atoms with E-state index in [0.717, 1.165) is 32.1 Å². The summed E-state index contributed by atoms with van der Waals surface area (Å²) in [7, 11) is 0. The van der Waals surface area contributed by atoms with E-state index in [0.29, 0.717) is 78.8 Å². The van der Waals surface area contributed by atoms with E-state index in [1.807, 2.05) is 0 Å². The van der Waals surface area contributed by atoms with E-state index < -0.39 is 5.97 Å². The van der Waals surface area contributed by atoms with Gasteiger partial charge >= 0.3 is 11.9 Å². The van der Waals surface area contributed by atoms with E-state index >= 15 is 0 Å². The van der Waals surface area contributed by atoms with Crippen LogP contribution in [-0.4, -0.2) is 48.3 Å². The van der Waals surface area contributed by atoms with Crippen LogP contribution in [0.15, 0.2) is 42.5 Å². The number of fused-ring (bicyclic) bond motifs is 1. The van der Waals surface area contributed by atoms with E-state index in [-0.39, 0.29) is 24.3 Å². The van der Waals surface area contributed by atoms with Crippen LogP contribution < -0.4 is 14.2 Å². The lowest BCUT2D eigenvalue weighted by Gasteiger charge is -2.24. The number of hydrogen-bond acceptors (Lipinski definition) is 8. The second-order valence-electron chi connectivity index (χ2n) is 11.3. The number of ether oxygens (including phenoxy) is 5. The van der Waals surface area contributed by atoms with Crippen molar-refractivity contribution in [3.63, 3.8) is 0 Å². The lowest BCUT2D eigenvalue weighted by atomic mass is 9.87. The van der Waals surface area contributed by atoms with Gasteiger partial charge < -0.3 is 28.8 Å². The Kier molecular flexibility index (Phi) is 9.40. The quantitative estimate of drug-likeness (QED) is 0.162. The van der Waals surface area contributed by atoms with Gasteiger partial charge in [-0.15, -0.1) is 0 Å². The fraction of sp³-hybridized carbons (Fsp3) is 0.562. The molecule has 3 fully saturated rings. The van der Waals surface area contributed by atoms with Crippen molar-refractivity contribution in [2.24, 2.45) is 11.8 Å². The first-order chi connectivity index (χ1) is 19.4. The van der Waals surface area contributed by atoms with Gasteiger partial charge in [0, 0.05) is 6.42 Å². The summed E-state index contributed by atoms with van der Waals surface area (Å²) < 4.78 is 29.0. The third-order valence-electron chi connectivity index (χ3n) is 8.11. The molecule has 8 nitrogen and oxygen atoms in total. The standard InChI is InChI=1S/C32H40O8/c1-3-4-30(36-19-21-5-15-28-29(18-21)39-28)37-25-12-8-23(9-13-25)32(35)40-27-16-14-26(17-20(27)2)38-31(34)22-6-10-24(33)11-7-22/h8-9,12-14,16-17,21-22,24,28-30,33H,3-7,10-11,15,18-19H2,1-2H3. The molecule has 0 amide bonds. The van der Waals surface area contributed by atoms with E-state index in [4.69, 9.17) is 23.7 Å². The van der Waals surface area contributed by atoms with Crippen molar-refractivity contribution in [2.75, 3.05) is 6.61 Å². The van der Waals surface area contributed by atoms with Gasteiger partial charge in [-0.25, -0.2) is 4.79 Å². The fourth-order valence-corrected chi connectivity index (χ4v) is 5.58. The van der Waals surface area contributed by atoms with Crippen LogP contribution in [0.25, 0.3) is 0 Å². The Hall–Kier alpha value is -2.94. The van der Waals surface area contributed by atoms with Crippen molar-refractivity contribution in [3.05, 3.63) is 53.6 Å². The second-order valence-corrected chi connectivity index (χ2v) is 11.3. The van der Waals surface area contributed by atoms with E-state index in [1.54, 1.807) is 49.4 Å². The largest absolute Gasteiger partial charge is 0.465 e. The lowest BCUT2D eigenvalue weighted by molar-refractivity contribution is -0.140. The third-order valence-corrected chi connectivity index (χ3v) is 8.11.